The predicted octanol–water partition coefficient (Wildman–Crippen LogP) is 3.87. The van der Waals surface area contributed by atoms with Crippen molar-refractivity contribution in [3.8, 4) is 0 Å². The van der Waals surface area contributed by atoms with Crippen LogP contribution in [0.5, 0.6) is 0 Å². The molecule has 0 heteroatoms. The van der Waals surface area contributed by atoms with Crippen molar-refractivity contribution in [1.82, 2.24) is 0 Å². The van der Waals surface area contributed by atoms with E-state index in [9.17, 15) is 0 Å². The molecule has 0 heterocycles. The van der Waals surface area contributed by atoms with Gasteiger partial charge < -0.3 is 0 Å². The molecule has 0 atom stereocenters. The highest BCUT2D eigenvalue weighted by Crippen LogP contribution is 2.13. The molecular weight excluding hydrogens is 132 g/mol. The van der Waals surface area contributed by atoms with Gasteiger partial charge >= 0.3 is 0 Å². The summed E-state index contributed by atoms with van der Waals surface area (Å²) in [6.07, 6.45) is 2.18. The van der Waals surface area contributed by atoms with Crippen LogP contribution in [0.25, 0.3) is 0 Å². The third-order valence-electron chi connectivity index (χ3n) is 1.74. The van der Waals surface area contributed by atoms with Gasteiger partial charge in [0.05, 0.1) is 0 Å². The van der Waals surface area contributed by atoms with Gasteiger partial charge in [0.15, 0.2) is 0 Å². The Bertz CT molecular complexity index is 210. The zero-order valence-corrected chi connectivity index (χ0v) is 8.28. The average molecular weight is 150 g/mol. The van der Waals surface area contributed by atoms with Crippen molar-refractivity contribution >= 4 is 0 Å². The smallest absolute Gasteiger partial charge is 0.0393 e. The summed E-state index contributed by atoms with van der Waals surface area (Å²) in [6.45, 7) is 14.4. The lowest BCUT2D eigenvalue weighted by molar-refractivity contribution is 1.26. The zero-order chi connectivity index (χ0) is 9.02. The molecule has 11 heavy (non-hydrogen) atoms. The molecule has 0 aromatic carbocycles. The van der Waals surface area contributed by atoms with E-state index in [1.807, 2.05) is 6.92 Å². The quantitative estimate of drug-likeness (QED) is 0.524. The molecule has 0 aliphatic rings. The van der Waals surface area contributed by atoms with Crippen LogP contribution in [0.15, 0.2) is 34.9 Å². The maximum absolute atomic E-state index is 3.90. The lowest BCUT2D eigenvalue weighted by Crippen LogP contribution is -1.82. The van der Waals surface area contributed by atoms with Crippen molar-refractivity contribution in [2.24, 2.45) is 0 Å². The summed E-state index contributed by atoms with van der Waals surface area (Å²) >= 11 is 0. The summed E-state index contributed by atoms with van der Waals surface area (Å²) in [7, 11) is 0. The molecule has 0 radical (unpaired) electrons. The second kappa shape index (κ2) is 4.17. The van der Waals surface area contributed by atoms with Crippen LogP contribution in [0, 0.1) is 0 Å². The van der Waals surface area contributed by atoms with Gasteiger partial charge in [-0.05, 0) is 45.8 Å². The lowest BCUT2D eigenvalue weighted by Gasteiger charge is -2.02. The van der Waals surface area contributed by atoms with Gasteiger partial charge in [0.25, 0.3) is 0 Å². The summed E-state index contributed by atoms with van der Waals surface area (Å²) in [5.41, 5.74) is 5.10. The fourth-order valence-electron chi connectivity index (χ4n) is 0.878. The highest BCUT2D eigenvalue weighted by molar-refractivity contribution is 5.35. The van der Waals surface area contributed by atoms with Crippen LogP contribution in [-0.4, -0.2) is 0 Å². The Hall–Kier alpha value is -0.780. The van der Waals surface area contributed by atoms with Crippen LogP contribution in [0.3, 0.4) is 0 Å². The number of hydrogen-bond acceptors (Lipinski definition) is 0. The van der Waals surface area contributed by atoms with Crippen molar-refractivity contribution < 1.29 is 0 Å². The fourth-order valence-corrected chi connectivity index (χ4v) is 0.878. The van der Waals surface area contributed by atoms with E-state index < -0.39 is 0 Å². The second-order valence-electron chi connectivity index (χ2n) is 3.31. The zero-order valence-electron chi connectivity index (χ0n) is 8.28. The molecule has 0 aliphatic carbocycles. The van der Waals surface area contributed by atoms with Gasteiger partial charge in [0.1, 0.15) is 0 Å². The highest BCUT2D eigenvalue weighted by Gasteiger charge is 1.93. The van der Waals surface area contributed by atoms with Crippen LogP contribution < -0.4 is 0 Å². The predicted molar refractivity (Wildman–Crippen MR) is 52.6 cm³/mol. The molecule has 0 aromatic rings. The van der Waals surface area contributed by atoms with Crippen molar-refractivity contribution in [1.29, 1.82) is 0 Å². The second-order valence-corrected chi connectivity index (χ2v) is 3.31. The molecule has 62 valence electrons. The maximum Gasteiger partial charge on any atom is -0.0393 e. The first kappa shape index (κ1) is 10.2. The molecule has 0 saturated carbocycles. The largest absolute Gasteiger partial charge is 0.0958 e. The number of rotatable bonds is 2. The molecule has 0 saturated heterocycles. The normalized spacial score (nSPS) is 12.1. The Morgan fingerprint density at radius 2 is 1.45 bits per heavy atom. The topological polar surface area (TPSA) is 0 Å². The first-order valence-electron chi connectivity index (χ1n) is 3.93. The molecule has 0 spiro atoms. The van der Waals surface area contributed by atoms with E-state index in [0.717, 1.165) is 5.57 Å². The van der Waals surface area contributed by atoms with Gasteiger partial charge in [-0.25, -0.2) is 0 Å². The Morgan fingerprint density at radius 3 is 1.73 bits per heavy atom. The van der Waals surface area contributed by atoms with E-state index in [4.69, 9.17) is 0 Å². The minimum Gasteiger partial charge on any atom is -0.0958 e. The summed E-state index contributed by atoms with van der Waals surface area (Å²) in [6, 6.07) is 0. The van der Waals surface area contributed by atoms with Crippen molar-refractivity contribution in [3.05, 3.63) is 34.9 Å². The van der Waals surface area contributed by atoms with Gasteiger partial charge in [-0.3, -0.25) is 0 Å². The van der Waals surface area contributed by atoms with Crippen molar-refractivity contribution in [2.75, 3.05) is 0 Å². The van der Waals surface area contributed by atoms with Crippen LogP contribution in [0.4, 0.5) is 0 Å². The van der Waals surface area contributed by atoms with Gasteiger partial charge in [0, 0.05) is 0 Å². The lowest BCUT2D eigenvalue weighted by atomic mass is 10.0. The van der Waals surface area contributed by atoms with E-state index in [2.05, 4.69) is 40.3 Å². The summed E-state index contributed by atoms with van der Waals surface area (Å²) in [5, 5.41) is 0. The van der Waals surface area contributed by atoms with Gasteiger partial charge in [0.2, 0.25) is 0 Å². The molecule has 0 nitrogen and oxygen atoms in total. The maximum atomic E-state index is 3.90. The van der Waals surface area contributed by atoms with Crippen LogP contribution in [0.2, 0.25) is 0 Å². The van der Waals surface area contributed by atoms with E-state index in [1.54, 1.807) is 0 Å². The third kappa shape index (κ3) is 3.82. The van der Waals surface area contributed by atoms with Crippen LogP contribution in [-0.2, 0) is 0 Å². The molecule has 0 rings (SSSR count). The Kier molecular flexibility index (Phi) is 3.88. The fraction of sp³-hybridized carbons (Fsp3) is 0.455. The Balaban J connectivity index is 4.68. The van der Waals surface area contributed by atoms with Gasteiger partial charge in [-0.2, -0.15) is 0 Å². The Morgan fingerprint density at radius 1 is 1.00 bits per heavy atom. The number of allylic oxidation sites excluding steroid dienone is 5. The van der Waals surface area contributed by atoms with Gasteiger partial charge in [-0.1, -0.05) is 23.8 Å². The van der Waals surface area contributed by atoms with E-state index in [1.165, 1.54) is 16.7 Å². The highest BCUT2D eigenvalue weighted by atomic mass is 14.0. The van der Waals surface area contributed by atoms with E-state index >= 15 is 0 Å². The minimum absolute atomic E-state index is 1.15. The minimum atomic E-state index is 1.15. The first-order chi connectivity index (χ1) is 4.95. The van der Waals surface area contributed by atoms with E-state index in [-0.39, 0.29) is 0 Å². The van der Waals surface area contributed by atoms with Crippen molar-refractivity contribution in [2.45, 2.75) is 34.6 Å². The van der Waals surface area contributed by atoms with Crippen molar-refractivity contribution in [3.63, 3.8) is 0 Å². The summed E-state index contributed by atoms with van der Waals surface area (Å²) in [5.74, 6) is 0. The molecular formula is C11H18. The van der Waals surface area contributed by atoms with E-state index in [0.29, 0.717) is 0 Å². The monoisotopic (exact) mass is 150 g/mol. The molecule has 0 aliphatic heterocycles. The number of hydrogen-bond donors (Lipinski definition) is 0. The molecule has 0 bridgehead atoms. The standard InChI is InChI=1S/C11H18/c1-8(2)7-10(5)11(6)9(3)4/h7H,3H2,1-2,4-6H3/b11-10-. The molecule has 0 N–H and O–H groups in total. The molecule has 0 unspecified atom stereocenters. The Labute approximate surface area is 70.3 Å². The third-order valence-corrected chi connectivity index (χ3v) is 1.74. The summed E-state index contributed by atoms with van der Waals surface area (Å²) in [4.78, 5) is 0. The summed E-state index contributed by atoms with van der Waals surface area (Å²) < 4.78 is 0. The van der Waals surface area contributed by atoms with Crippen LogP contribution in [0.1, 0.15) is 34.6 Å². The molecule has 0 amide bonds. The van der Waals surface area contributed by atoms with Gasteiger partial charge in [-0.15, -0.1) is 0 Å². The molecule has 0 aromatic heterocycles. The van der Waals surface area contributed by atoms with Crippen LogP contribution >= 0.6 is 0 Å². The SMILES string of the molecule is C=C(C)/C(C)=C(/C)C=C(C)C. The first-order valence-corrected chi connectivity index (χ1v) is 3.93. The average Bonchev–Trinajstić information content (AvgIpc) is 1.84. The molecule has 0 fully saturated rings.